The highest BCUT2D eigenvalue weighted by Crippen LogP contribution is 2.20. The lowest BCUT2D eigenvalue weighted by atomic mass is 10.2. The van der Waals surface area contributed by atoms with Crippen LogP contribution in [0.15, 0.2) is 46.4 Å². The molecule has 0 spiro atoms. The summed E-state index contributed by atoms with van der Waals surface area (Å²) in [7, 11) is 3.48. The predicted molar refractivity (Wildman–Crippen MR) is 135 cm³/mol. The van der Waals surface area contributed by atoms with Gasteiger partial charge in [0.2, 0.25) is 5.91 Å². The Morgan fingerprint density at radius 3 is 2.62 bits per heavy atom. The van der Waals surface area contributed by atoms with Gasteiger partial charge in [0.05, 0.1) is 5.01 Å². The molecule has 0 saturated carbocycles. The minimum absolute atomic E-state index is 0. The predicted octanol–water partition coefficient (Wildman–Crippen LogP) is 3.59. The van der Waals surface area contributed by atoms with Crippen molar-refractivity contribution in [2.24, 2.45) is 4.99 Å². The number of rotatable bonds is 9. The zero-order valence-corrected chi connectivity index (χ0v) is 21.3. The molecule has 0 saturated heterocycles. The van der Waals surface area contributed by atoms with Crippen molar-refractivity contribution in [1.29, 1.82) is 0 Å². The molecule has 160 valence electrons. The van der Waals surface area contributed by atoms with Gasteiger partial charge >= 0.3 is 0 Å². The van der Waals surface area contributed by atoms with Crippen LogP contribution < -0.4 is 10.6 Å². The molecular weight excluding hydrogens is 517 g/mol. The van der Waals surface area contributed by atoms with E-state index >= 15 is 0 Å². The molecule has 0 fully saturated rings. The van der Waals surface area contributed by atoms with Gasteiger partial charge in [-0.3, -0.25) is 4.79 Å². The van der Waals surface area contributed by atoms with Crippen molar-refractivity contribution in [3.63, 3.8) is 0 Å². The van der Waals surface area contributed by atoms with Crippen molar-refractivity contribution in [2.45, 2.75) is 24.7 Å². The smallest absolute Gasteiger partial charge is 0.243 e. The normalized spacial score (nSPS) is 12.1. The van der Waals surface area contributed by atoms with Crippen molar-refractivity contribution in [2.75, 3.05) is 39.5 Å². The first-order valence-electron chi connectivity index (χ1n) is 9.28. The second-order valence-electron chi connectivity index (χ2n) is 6.63. The molecule has 0 aliphatic heterocycles. The molecule has 0 aliphatic carbocycles. The number of nitrogens with zero attached hydrogens (tertiary/aromatic N) is 3. The summed E-state index contributed by atoms with van der Waals surface area (Å²) in [4.78, 5) is 24.8. The second kappa shape index (κ2) is 13.8. The number of aliphatic imine (C=N–C) groups is 1. The van der Waals surface area contributed by atoms with Crippen molar-refractivity contribution in [1.82, 2.24) is 20.5 Å². The molecular formula is C20H30IN5OS2. The summed E-state index contributed by atoms with van der Waals surface area (Å²) in [6.45, 7) is 5.79. The van der Waals surface area contributed by atoms with Gasteiger partial charge in [-0.1, -0.05) is 25.1 Å². The number of thioether (sulfide) groups is 1. The lowest BCUT2D eigenvalue weighted by molar-refractivity contribution is -0.127. The monoisotopic (exact) mass is 547 g/mol. The number of nitrogens with one attached hydrogen (secondary N) is 2. The first kappa shape index (κ1) is 25.7. The summed E-state index contributed by atoms with van der Waals surface area (Å²) >= 11 is 3.50. The fraction of sp³-hybridized carbons (Fsp3) is 0.450. The second-order valence-corrected chi connectivity index (χ2v) is 9.07. The van der Waals surface area contributed by atoms with E-state index in [-0.39, 0.29) is 42.3 Å². The van der Waals surface area contributed by atoms with E-state index in [2.05, 4.69) is 46.6 Å². The molecule has 2 N–H and O–H groups in total. The molecule has 9 heteroatoms. The first-order chi connectivity index (χ1) is 13.5. The van der Waals surface area contributed by atoms with Crippen LogP contribution in [-0.4, -0.2) is 61.2 Å². The quantitative estimate of drug-likeness (QED) is 0.165. The third kappa shape index (κ3) is 9.81. The Bertz CT molecular complexity index is 767. The number of carbonyl (C=O) groups is 1. The van der Waals surface area contributed by atoms with E-state index in [0.29, 0.717) is 12.5 Å². The first-order valence-corrected chi connectivity index (χ1v) is 11.1. The largest absolute Gasteiger partial charge is 0.356 e. The highest BCUT2D eigenvalue weighted by atomic mass is 127. The van der Waals surface area contributed by atoms with Crippen LogP contribution in [0, 0.1) is 6.92 Å². The number of aryl methyl sites for hydroxylation is 1. The van der Waals surface area contributed by atoms with Gasteiger partial charge in [0.15, 0.2) is 5.96 Å². The lowest BCUT2D eigenvalue weighted by Crippen LogP contribution is -2.41. The fourth-order valence-electron chi connectivity index (χ4n) is 2.25. The van der Waals surface area contributed by atoms with Gasteiger partial charge in [-0.05, 0) is 19.1 Å². The molecule has 1 aromatic carbocycles. The van der Waals surface area contributed by atoms with E-state index in [1.165, 1.54) is 9.77 Å². The van der Waals surface area contributed by atoms with E-state index in [9.17, 15) is 4.79 Å². The summed E-state index contributed by atoms with van der Waals surface area (Å²) in [5, 5.41) is 7.78. The molecule has 1 unspecified atom stereocenters. The summed E-state index contributed by atoms with van der Waals surface area (Å²) in [5.74, 6) is 1.81. The molecule has 0 bridgehead atoms. The maximum absolute atomic E-state index is 11.9. The van der Waals surface area contributed by atoms with E-state index < -0.39 is 0 Å². The van der Waals surface area contributed by atoms with E-state index in [1.807, 2.05) is 24.4 Å². The summed E-state index contributed by atoms with van der Waals surface area (Å²) in [5.41, 5.74) is 0. The highest BCUT2D eigenvalue weighted by Gasteiger charge is 2.11. The Kier molecular flexibility index (Phi) is 12.2. The number of aromatic nitrogens is 1. The van der Waals surface area contributed by atoms with Crippen LogP contribution in [0.2, 0.25) is 0 Å². The lowest BCUT2D eigenvalue weighted by Gasteiger charge is -2.16. The molecule has 1 aromatic heterocycles. The Morgan fingerprint density at radius 2 is 2.00 bits per heavy atom. The number of benzene rings is 1. The average molecular weight is 548 g/mol. The van der Waals surface area contributed by atoms with Crippen LogP contribution in [0.3, 0.4) is 0 Å². The number of hydrogen-bond acceptors (Lipinski definition) is 5. The van der Waals surface area contributed by atoms with E-state index in [0.717, 1.165) is 17.3 Å². The standard InChI is InChI=1S/C20H29N5OS2.HI/c1-15(19-22-13-16(2)28-19)12-23-20(24-14-18(26)25(3)4)21-10-11-27-17-8-6-5-7-9-17;/h5-9,13,15H,10-12,14H2,1-4H3,(H2,21,23,24);1H. The minimum atomic E-state index is -0.0247. The number of guanidine groups is 1. The van der Waals surface area contributed by atoms with Crippen molar-refractivity contribution < 1.29 is 4.79 Å². The van der Waals surface area contributed by atoms with Crippen molar-refractivity contribution >= 4 is 58.9 Å². The van der Waals surface area contributed by atoms with Gasteiger partial charge in [0.25, 0.3) is 0 Å². The van der Waals surface area contributed by atoms with Gasteiger partial charge in [0, 0.05) is 54.8 Å². The maximum Gasteiger partial charge on any atom is 0.243 e. The fourth-order valence-corrected chi connectivity index (χ4v) is 3.87. The SMILES string of the molecule is Cc1cnc(C(C)CNC(=NCC(=O)N(C)C)NCCSc2ccccc2)s1.I. The van der Waals surface area contributed by atoms with Crippen LogP contribution in [0.1, 0.15) is 22.7 Å². The van der Waals surface area contributed by atoms with Gasteiger partial charge in [0.1, 0.15) is 6.54 Å². The average Bonchev–Trinajstić information content (AvgIpc) is 3.13. The summed E-state index contributed by atoms with van der Waals surface area (Å²) < 4.78 is 0. The third-order valence-electron chi connectivity index (χ3n) is 3.91. The molecule has 2 aromatic rings. The third-order valence-corrected chi connectivity index (χ3v) is 6.07. The van der Waals surface area contributed by atoms with E-state index in [1.54, 1.807) is 42.1 Å². The summed E-state index contributed by atoms with van der Waals surface area (Å²) in [6.07, 6.45) is 1.90. The van der Waals surface area contributed by atoms with Crippen LogP contribution in [-0.2, 0) is 4.79 Å². The topological polar surface area (TPSA) is 69.6 Å². The van der Waals surface area contributed by atoms with Crippen molar-refractivity contribution in [3.8, 4) is 0 Å². The molecule has 1 heterocycles. The molecule has 0 aliphatic rings. The molecule has 2 rings (SSSR count). The number of hydrogen-bond donors (Lipinski definition) is 2. The van der Waals surface area contributed by atoms with Gasteiger partial charge in [-0.15, -0.1) is 47.1 Å². The Morgan fingerprint density at radius 1 is 1.28 bits per heavy atom. The zero-order valence-electron chi connectivity index (χ0n) is 17.3. The number of halogens is 1. The van der Waals surface area contributed by atoms with Crippen LogP contribution in [0.4, 0.5) is 0 Å². The number of thiazole rings is 1. The molecule has 1 atom stereocenters. The Labute approximate surface area is 199 Å². The number of carbonyl (C=O) groups excluding carboxylic acids is 1. The van der Waals surface area contributed by atoms with Crippen LogP contribution >= 0.6 is 47.1 Å². The Hall–Kier alpha value is -1.33. The number of amides is 1. The molecule has 6 nitrogen and oxygen atoms in total. The number of likely N-dealkylation sites (N-methyl/N-ethyl adjacent to an activating group) is 1. The van der Waals surface area contributed by atoms with Crippen molar-refractivity contribution in [3.05, 3.63) is 46.4 Å². The highest BCUT2D eigenvalue weighted by molar-refractivity contribution is 14.0. The van der Waals surface area contributed by atoms with E-state index in [4.69, 9.17) is 0 Å². The maximum atomic E-state index is 11.9. The minimum Gasteiger partial charge on any atom is -0.356 e. The van der Waals surface area contributed by atoms with Gasteiger partial charge < -0.3 is 15.5 Å². The zero-order chi connectivity index (χ0) is 20.4. The summed E-state index contributed by atoms with van der Waals surface area (Å²) in [6, 6.07) is 10.3. The molecule has 1 amide bonds. The van der Waals surface area contributed by atoms with Gasteiger partial charge in [-0.25, -0.2) is 9.98 Å². The van der Waals surface area contributed by atoms with Gasteiger partial charge in [-0.2, -0.15) is 0 Å². The van der Waals surface area contributed by atoms with Crippen LogP contribution in [0.5, 0.6) is 0 Å². The Balaban J connectivity index is 0.00000420. The molecule has 0 radical (unpaired) electrons. The molecule has 29 heavy (non-hydrogen) atoms. The van der Waals surface area contributed by atoms with Crippen LogP contribution in [0.25, 0.3) is 0 Å².